The van der Waals surface area contributed by atoms with Crippen LogP contribution in [0.25, 0.3) is 0 Å². The first-order chi connectivity index (χ1) is 8.25. The topological polar surface area (TPSA) is 46.5 Å². The molecule has 2 atom stereocenters. The number of benzene rings is 1. The van der Waals surface area contributed by atoms with Crippen molar-refractivity contribution in [3.8, 4) is 0 Å². The molecule has 17 heavy (non-hydrogen) atoms. The van der Waals surface area contributed by atoms with E-state index in [4.69, 9.17) is 4.74 Å². The number of carboxylic acids is 1. The van der Waals surface area contributed by atoms with E-state index in [1.807, 2.05) is 30.3 Å². The summed E-state index contributed by atoms with van der Waals surface area (Å²) in [6, 6.07) is 9.77. The molecule has 2 unspecified atom stereocenters. The lowest BCUT2D eigenvalue weighted by atomic mass is 10.1. The first kappa shape index (κ1) is 12.5. The van der Waals surface area contributed by atoms with Crippen molar-refractivity contribution in [1.29, 1.82) is 0 Å². The molecular weight excluding hydrogens is 236 g/mol. The number of hydrogen-bond donors (Lipinski definition) is 1. The van der Waals surface area contributed by atoms with Gasteiger partial charge in [-0.25, -0.2) is 0 Å². The maximum Gasteiger partial charge on any atom is 0.316 e. The van der Waals surface area contributed by atoms with Gasteiger partial charge in [-0.3, -0.25) is 4.79 Å². The molecule has 0 bridgehead atoms. The van der Waals surface area contributed by atoms with Crippen LogP contribution in [0.2, 0.25) is 0 Å². The van der Waals surface area contributed by atoms with Crippen molar-refractivity contribution in [2.24, 2.45) is 0 Å². The van der Waals surface area contributed by atoms with Crippen molar-refractivity contribution >= 4 is 17.7 Å². The second-order valence-electron chi connectivity index (χ2n) is 4.14. The Labute approximate surface area is 105 Å². The second kappa shape index (κ2) is 6.07. The normalized spacial score (nSPS) is 21.3. The molecule has 3 nitrogen and oxygen atoms in total. The molecule has 1 aliphatic heterocycles. The zero-order valence-electron chi connectivity index (χ0n) is 9.54. The summed E-state index contributed by atoms with van der Waals surface area (Å²) in [7, 11) is 0. The maximum absolute atomic E-state index is 11.2. The Hall–Kier alpha value is -1.00. The quantitative estimate of drug-likeness (QED) is 0.872. The van der Waals surface area contributed by atoms with Gasteiger partial charge in [0, 0.05) is 11.9 Å². The van der Waals surface area contributed by atoms with Crippen LogP contribution in [-0.4, -0.2) is 34.8 Å². The molecule has 0 saturated carbocycles. The van der Waals surface area contributed by atoms with E-state index in [0.29, 0.717) is 18.3 Å². The number of ether oxygens (including phenoxy) is 1. The minimum atomic E-state index is -0.731. The SMILES string of the molecule is O=C(O)C(Cc1ccccc1)SC1CCOC1. The summed E-state index contributed by atoms with van der Waals surface area (Å²) in [5.41, 5.74) is 1.08. The Balaban J connectivity index is 1.95. The van der Waals surface area contributed by atoms with Gasteiger partial charge in [-0.05, 0) is 18.4 Å². The van der Waals surface area contributed by atoms with Crippen molar-refractivity contribution in [2.45, 2.75) is 23.3 Å². The summed E-state index contributed by atoms with van der Waals surface area (Å²) in [5, 5.41) is 9.20. The van der Waals surface area contributed by atoms with Crippen LogP contribution in [0.3, 0.4) is 0 Å². The first-order valence-corrected chi connectivity index (χ1v) is 6.70. The molecule has 1 aromatic rings. The predicted molar refractivity (Wildman–Crippen MR) is 68.4 cm³/mol. The van der Waals surface area contributed by atoms with Crippen LogP contribution in [0.4, 0.5) is 0 Å². The molecule has 1 heterocycles. The molecule has 0 spiro atoms. The van der Waals surface area contributed by atoms with E-state index in [1.165, 1.54) is 11.8 Å². The molecule has 0 amide bonds. The lowest BCUT2D eigenvalue weighted by Crippen LogP contribution is -2.23. The van der Waals surface area contributed by atoms with Gasteiger partial charge < -0.3 is 9.84 Å². The van der Waals surface area contributed by atoms with E-state index in [2.05, 4.69) is 0 Å². The summed E-state index contributed by atoms with van der Waals surface area (Å²) in [5.74, 6) is -0.731. The van der Waals surface area contributed by atoms with Crippen molar-refractivity contribution in [2.75, 3.05) is 13.2 Å². The first-order valence-electron chi connectivity index (χ1n) is 5.75. The zero-order chi connectivity index (χ0) is 12.1. The highest BCUT2D eigenvalue weighted by molar-refractivity contribution is 8.01. The summed E-state index contributed by atoms with van der Waals surface area (Å²) in [6.07, 6.45) is 1.54. The third kappa shape index (κ3) is 3.75. The Morgan fingerprint density at radius 3 is 2.82 bits per heavy atom. The molecule has 0 aromatic heterocycles. The van der Waals surface area contributed by atoms with E-state index in [1.54, 1.807) is 0 Å². The minimum Gasteiger partial charge on any atom is -0.480 e. The van der Waals surface area contributed by atoms with Gasteiger partial charge in [-0.2, -0.15) is 0 Å². The Kier molecular flexibility index (Phi) is 4.45. The van der Waals surface area contributed by atoms with Gasteiger partial charge in [0.2, 0.25) is 0 Å². The molecule has 1 fully saturated rings. The molecule has 4 heteroatoms. The second-order valence-corrected chi connectivity index (χ2v) is 5.65. The lowest BCUT2D eigenvalue weighted by molar-refractivity contribution is -0.136. The summed E-state index contributed by atoms with van der Waals surface area (Å²) in [6.45, 7) is 1.44. The molecule has 1 aromatic carbocycles. The molecule has 1 saturated heterocycles. The lowest BCUT2D eigenvalue weighted by Gasteiger charge is -2.15. The van der Waals surface area contributed by atoms with Crippen LogP contribution in [0.1, 0.15) is 12.0 Å². The number of rotatable bonds is 5. The fourth-order valence-electron chi connectivity index (χ4n) is 1.87. The highest BCUT2D eigenvalue weighted by Gasteiger charge is 2.25. The Morgan fingerprint density at radius 1 is 1.47 bits per heavy atom. The molecule has 0 radical (unpaired) electrons. The van der Waals surface area contributed by atoms with Gasteiger partial charge in [0.05, 0.1) is 6.61 Å². The van der Waals surface area contributed by atoms with Gasteiger partial charge in [-0.15, -0.1) is 11.8 Å². The zero-order valence-corrected chi connectivity index (χ0v) is 10.4. The minimum absolute atomic E-state index is 0.333. The van der Waals surface area contributed by atoms with E-state index in [9.17, 15) is 9.90 Å². The largest absolute Gasteiger partial charge is 0.480 e. The third-order valence-corrected chi connectivity index (χ3v) is 4.24. The number of carbonyl (C=O) groups is 1. The fourth-order valence-corrected chi connectivity index (χ4v) is 3.15. The van der Waals surface area contributed by atoms with Crippen LogP contribution >= 0.6 is 11.8 Å². The molecule has 1 aliphatic rings. The third-order valence-electron chi connectivity index (χ3n) is 2.78. The van der Waals surface area contributed by atoms with E-state index >= 15 is 0 Å². The molecule has 0 aliphatic carbocycles. The summed E-state index contributed by atoms with van der Waals surface area (Å²) < 4.78 is 5.27. The molecule has 2 rings (SSSR count). The van der Waals surface area contributed by atoms with Crippen molar-refractivity contribution in [3.05, 3.63) is 35.9 Å². The van der Waals surface area contributed by atoms with E-state index in [-0.39, 0.29) is 5.25 Å². The Morgan fingerprint density at radius 2 is 2.24 bits per heavy atom. The van der Waals surface area contributed by atoms with Crippen LogP contribution in [0.5, 0.6) is 0 Å². The van der Waals surface area contributed by atoms with E-state index < -0.39 is 5.97 Å². The molecular formula is C13H16O3S. The summed E-state index contributed by atoms with van der Waals surface area (Å²) in [4.78, 5) is 11.2. The Bertz CT molecular complexity index is 360. The van der Waals surface area contributed by atoms with E-state index in [0.717, 1.165) is 18.6 Å². The number of aliphatic carboxylic acids is 1. The fraction of sp³-hybridized carbons (Fsp3) is 0.462. The highest BCUT2D eigenvalue weighted by atomic mass is 32.2. The van der Waals surface area contributed by atoms with Crippen LogP contribution in [0, 0.1) is 0 Å². The standard InChI is InChI=1S/C13H16O3S/c14-13(15)12(17-11-6-7-16-9-11)8-10-4-2-1-3-5-10/h1-5,11-12H,6-9H2,(H,14,15). The van der Waals surface area contributed by atoms with Crippen LogP contribution < -0.4 is 0 Å². The van der Waals surface area contributed by atoms with Gasteiger partial charge in [0.1, 0.15) is 5.25 Å². The van der Waals surface area contributed by atoms with Crippen LogP contribution in [0.15, 0.2) is 30.3 Å². The average molecular weight is 252 g/mol. The average Bonchev–Trinajstić information content (AvgIpc) is 2.82. The van der Waals surface area contributed by atoms with Crippen molar-refractivity contribution < 1.29 is 14.6 Å². The number of thioether (sulfide) groups is 1. The maximum atomic E-state index is 11.2. The van der Waals surface area contributed by atoms with Gasteiger partial charge in [0.15, 0.2) is 0 Å². The molecule has 1 N–H and O–H groups in total. The van der Waals surface area contributed by atoms with Crippen molar-refractivity contribution in [1.82, 2.24) is 0 Å². The van der Waals surface area contributed by atoms with Gasteiger partial charge >= 0.3 is 5.97 Å². The predicted octanol–water partition coefficient (Wildman–Crippen LogP) is 2.20. The smallest absolute Gasteiger partial charge is 0.316 e. The molecule has 92 valence electrons. The van der Waals surface area contributed by atoms with Crippen molar-refractivity contribution in [3.63, 3.8) is 0 Å². The number of carboxylic acid groups (broad SMARTS) is 1. The van der Waals surface area contributed by atoms with Crippen LogP contribution in [-0.2, 0) is 16.0 Å². The highest BCUT2D eigenvalue weighted by Crippen LogP contribution is 2.27. The van der Waals surface area contributed by atoms with Gasteiger partial charge in [-0.1, -0.05) is 30.3 Å². The summed E-state index contributed by atoms with van der Waals surface area (Å²) >= 11 is 1.53. The number of hydrogen-bond acceptors (Lipinski definition) is 3. The monoisotopic (exact) mass is 252 g/mol. The van der Waals surface area contributed by atoms with Gasteiger partial charge in [0.25, 0.3) is 0 Å².